The van der Waals surface area contributed by atoms with Gasteiger partial charge in [0.1, 0.15) is 11.3 Å². The molecule has 7 nitrogen and oxygen atoms in total. The molecule has 1 aliphatic carbocycles. The second-order valence-corrected chi connectivity index (χ2v) is 8.19. The van der Waals surface area contributed by atoms with Crippen LogP contribution in [0, 0.1) is 10.1 Å². The van der Waals surface area contributed by atoms with Crippen LogP contribution in [0.5, 0.6) is 0 Å². The van der Waals surface area contributed by atoms with Gasteiger partial charge in [-0.3, -0.25) is 10.1 Å². The molecule has 1 aromatic rings. The lowest BCUT2D eigenvalue weighted by atomic mass is 9.91. The Morgan fingerprint density at radius 2 is 2.00 bits per heavy atom. The summed E-state index contributed by atoms with van der Waals surface area (Å²) in [5, 5.41) is 17.4. The van der Waals surface area contributed by atoms with Crippen LogP contribution in [0.1, 0.15) is 46.5 Å². The number of ether oxygens (including phenoxy) is 1. The van der Waals surface area contributed by atoms with E-state index in [2.05, 4.69) is 26.6 Å². The Labute approximate surface area is 155 Å². The molecule has 25 heavy (non-hydrogen) atoms. The van der Waals surface area contributed by atoms with Crippen molar-refractivity contribution in [3.05, 3.63) is 32.8 Å². The average molecular weight is 414 g/mol. The summed E-state index contributed by atoms with van der Waals surface area (Å²) >= 11 is 3.26. The number of benzene rings is 1. The lowest BCUT2D eigenvalue weighted by Gasteiger charge is -2.31. The highest BCUT2D eigenvalue weighted by Crippen LogP contribution is 2.31. The fourth-order valence-corrected chi connectivity index (χ4v) is 3.27. The molecular formula is C17H24BrN3O4. The number of nitro benzene ring substituents is 1. The van der Waals surface area contributed by atoms with Gasteiger partial charge >= 0.3 is 6.09 Å². The number of amides is 1. The predicted octanol–water partition coefficient (Wildman–Crippen LogP) is 4.61. The molecule has 0 heterocycles. The predicted molar refractivity (Wildman–Crippen MR) is 99.8 cm³/mol. The van der Waals surface area contributed by atoms with Crippen LogP contribution in [-0.2, 0) is 4.74 Å². The summed E-state index contributed by atoms with van der Waals surface area (Å²) in [5.74, 6) is 0. The number of anilines is 1. The zero-order chi connectivity index (χ0) is 18.6. The number of halogens is 1. The maximum Gasteiger partial charge on any atom is 0.407 e. The first-order valence-corrected chi connectivity index (χ1v) is 9.13. The first-order valence-electron chi connectivity index (χ1n) is 8.34. The maximum atomic E-state index is 11.9. The zero-order valence-electron chi connectivity index (χ0n) is 14.7. The van der Waals surface area contributed by atoms with Gasteiger partial charge in [-0.05, 0) is 58.6 Å². The van der Waals surface area contributed by atoms with Crippen LogP contribution >= 0.6 is 15.9 Å². The molecule has 2 rings (SSSR count). The van der Waals surface area contributed by atoms with Gasteiger partial charge in [-0.15, -0.1) is 0 Å². The zero-order valence-corrected chi connectivity index (χ0v) is 16.3. The van der Waals surface area contributed by atoms with Crippen LogP contribution < -0.4 is 10.6 Å². The SMILES string of the molecule is CC(C)(C)OC(=O)N[C@@H]1CCC[C@H](Nc2ccc(Br)cc2[N+](=O)[O-])C1. The molecule has 0 bridgehead atoms. The van der Waals surface area contributed by atoms with E-state index in [0.29, 0.717) is 16.6 Å². The number of nitrogens with zero attached hydrogens (tertiary/aromatic N) is 1. The normalized spacial score (nSPS) is 20.6. The molecule has 1 aromatic carbocycles. The number of hydrogen-bond donors (Lipinski definition) is 2. The second kappa shape index (κ2) is 8.03. The second-order valence-electron chi connectivity index (χ2n) is 7.27. The average Bonchev–Trinajstić information content (AvgIpc) is 2.47. The number of nitrogens with one attached hydrogen (secondary N) is 2. The lowest BCUT2D eigenvalue weighted by Crippen LogP contribution is -2.43. The minimum atomic E-state index is -0.533. The highest BCUT2D eigenvalue weighted by Gasteiger charge is 2.27. The van der Waals surface area contributed by atoms with E-state index >= 15 is 0 Å². The molecule has 1 fully saturated rings. The maximum absolute atomic E-state index is 11.9. The fraction of sp³-hybridized carbons (Fsp3) is 0.588. The monoisotopic (exact) mass is 413 g/mol. The Morgan fingerprint density at radius 3 is 2.64 bits per heavy atom. The topological polar surface area (TPSA) is 93.5 Å². The summed E-state index contributed by atoms with van der Waals surface area (Å²) in [7, 11) is 0. The van der Waals surface area contributed by atoms with E-state index in [-0.39, 0.29) is 17.8 Å². The molecule has 1 aliphatic rings. The van der Waals surface area contributed by atoms with E-state index in [1.807, 2.05) is 20.8 Å². The molecule has 2 N–H and O–H groups in total. The fourth-order valence-electron chi connectivity index (χ4n) is 2.92. The molecule has 2 atom stereocenters. The molecule has 0 aromatic heterocycles. The van der Waals surface area contributed by atoms with Crippen LogP contribution in [0.4, 0.5) is 16.2 Å². The highest BCUT2D eigenvalue weighted by atomic mass is 79.9. The molecule has 0 radical (unpaired) electrons. The van der Waals surface area contributed by atoms with Crippen LogP contribution in [0.25, 0.3) is 0 Å². The highest BCUT2D eigenvalue weighted by molar-refractivity contribution is 9.10. The van der Waals surface area contributed by atoms with E-state index < -0.39 is 16.6 Å². The first kappa shape index (κ1) is 19.5. The van der Waals surface area contributed by atoms with Crippen LogP contribution in [0.2, 0.25) is 0 Å². The Balaban J connectivity index is 1.98. The van der Waals surface area contributed by atoms with Crippen molar-refractivity contribution in [1.82, 2.24) is 5.32 Å². The number of hydrogen-bond acceptors (Lipinski definition) is 5. The lowest BCUT2D eigenvalue weighted by molar-refractivity contribution is -0.384. The number of rotatable bonds is 4. The minimum Gasteiger partial charge on any atom is -0.444 e. The van der Waals surface area contributed by atoms with Crippen LogP contribution in [0.3, 0.4) is 0 Å². The molecule has 1 saturated carbocycles. The van der Waals surface area contributed by atoms with Crippen LogP contribution in [-0.4, -0.2) is 28.7 Å². The standard InChI is InChI=1S/C17H24BrN3O4/c1-17(2,3)25-16(22)20-13-6-4-5-12(10-13)19-14-8-7-11(18)9-15(14)21(23)24/h7-9,12-13,19H,4-6,10H2,1-3H3,(H,20,22)/t12-,13+/m0/s1. The summed E-state index contributed by atoms with van der Waals surface area (Å²) in [6, 6.07) is 5.02. The molecule has 138 valence electrons. The summed E-state index contributed by atoms with van der Waals surface area (Å²) in [4.78, 5) is 22.8. The van der Waals surface area contributed by atoms with E-state index in [9.17, 15) is 14.9 Å². The molecule has 0 saturated heterocycles. The van der Waals surface area contributed by atoms with E-state index in [1.54, 1.807) is 12.1 Å². The molecular weight excluding hydrogens is 390 g/mol. The van der Waals surface area contributed by atoms with E-state index in [4.69, 9.17) is 4.74 Å². The van der Waals surface area contributed by atoms with Gasteiger partial charge in [0, 0.05) is 22.6 Å². The van der Waals surface area contributed by atoms with Crippen molar-refractivity contribution in [2.24, 2.45) is 0 Å². The van der Waals surface area contributed by atoms with Gasteiger partial charge in [0.15, 0.2) is 0 Å². The Morgan fingerprint density at radius 1 is 1.32 bits per heavy atom. The Kier molecular flexibility index (Phi) is 6.26. The van der Waals surface area contributed by atoms with Crippen molar-refractivity contribution in [1.29, 1.82) is 0 Å². The number of nitro groups is 1. The Bertz CT molecular complexity index is 645. The van der Waals surface area contributed by atoms with Gasteiger partial charge in [-0.2, -0.15) is 0 Å². The van der Waals surface area contributed by atoms with Crippen molar-refractivity contribution < 1.29 is 14.5 Å². The molecule has 1 amide bonds. The minimum absolute atomic E-state index is 0.00407. The number of carbonyl (C=O) groups excluding carboxylic acids is 1. The van der Waals surface area contributed by atoms with Crippen molar-refractivity contribution in [2.45, 2.75) is 64.1 Å². The molecule has 0 aliphatic heterocycles. The first-order chi connectivity index (χ1) is 11.6. The van der Waals surface area contributed by atoms with Gasteiger partial charge in [0.2, 0.25) is 0 Å². The number of carbonyl (C=O) groups is 1. The smallest absolute Gasteiger partial charge is 0.407 e. The number of alkyl carbamates (subject to hydrolysis) is 1. The molecule has 0 spiro atoms. The third-order valence-corrected chi connectivity index (χ3v) is 4.40. The van der Waals surface area contributed by atoms with Gasteiger partial charge in [0.05, 0.1) is 4.92 Å². The van der Waals surface area contributed by atoms with Gasteiger partial charge in [-0.1, -0.05) is 15.9 Å². The third kappa shape index (κ3) is 6.19. The third-order valence-electron chi connectivity index (χ3n) is 3.91. The Hall–Kier alpha value is -1.83. The van der Waals surface area contributed by atoms with Gasteiger partial charge < -0.3 is 15.4 Å². The summed E-state index contributed by atoms with van der Waals surface area (Å²) < 4.78 is 5.96. The van der Waals surface area contributed by atoms with Crippen LogP contribution in [0.15, 0.2) is 22.7 Å². The van der Waals surface area contributed by atoms with Crippen molar-refractivity contribution in [3.8, 4) is 0 Å². The van der Waals surface area contributed by atoms with E-state index in [0.717, 1.165) is 19.3 Å². The molecule has 0 unspecified atom stereocenters. The summed E-state index contributed by atoms with van der Waals surface area (Å²) in [6.07, 6.45) is 2.99. The largest absolute Gasteiger partial charge is 0.444 e. The van der Waals surface area contributed by atoms with Crippen molar-refractivity contribution in [2.75, 3.05) is 5.32 Å². The van der Waals surface area contributed by atoms with Gasteiger partial charge in [0.25, 0.3) is 5.69 Å². The van der Waals surface area contributed by atoms with Crippen molar-refractivity contribution in [3.63, 3.8) is 0 Å². The van der Waals surface area contributed by atoms with Gasteiger partial charge in [-0.25, -0.2) is 4.79 Å². The summed E-state index contributed by atoms with van der Waals surface area (Å²) in [6.45, 7) is 5.47. The molecule has 8 heteroatoms. The summed E-state index contributed by atoms with van der Waals surface area (Å²) in [5.41, 5.74) is 0.00163. The van der Waals surface area contributed by atoms with Crippen molar-refractivity contribution >= 4 is 33.4 Å². The quantitative estimate of drug-likeness (QED) is 0.555. The van der Waals surface area contributed by atoms with E-state index in [1.165, 1.54) is 6.07 Å².